The van der Waals surface area contributed by atoms with E-state index in [1.807, 2.05) is 0 Å². The summed E-state index contributed by atoms with van der Waals surface area (Å²) < 4.78 is 4.94. The van der Waals surface area contributed by atoms with Crippen LogP contribution in [-0.4, -0.2) is 47.6 Å². The summed E-state index contributed by atoms with van der Waals surface area (Å²) in [5.41, 5.74) is 0.0337. The summed E-state index contributed by atoms with van der Waals surface area (Å²) in [6.45, 7) is 3.24. The third-order valence-electron chi connectivity index (χ3n) is 3.39. The van der Waals surface area contributed by atoms with Gasteiger partial charge in [0.05, 0.1) is 6.61 Å². The zero-order valence-corrected chi connectivity index (χ0v) is 11.9. The molecule has 2 N–H and O–H groups in total. The second-order valence-electron chi connectivity index (χ2n) is 4.88. The molecule has 1 aromatic heterocycles. The first-order valence-electron chi connectivity index (χ1n) is 7.01. The molecule has 0 bridgehead atoms. The Bertz CT molecular complexity index is 561. The first-order valence-corrected chi connectivity index (χ1v) is 7.01. The summed E-state index contributed by atoms with van der Waals surface area (Å²) in [6.07, 6.45) is 2.49. The van der Waals surface area contributed by atoms with Gasteiger partial charge in [-0.2, -0.15) is 0 Å². The number of aromatic nitrogens is 1. The lowest BCUT2D eigenvalue weighted by Crippen LogP contribution is -2.46. The number of nitrogens with zero attached hydrogens (tertiary/aromatic N) is 1. The lowest BCUT2D eigenvalue weighted by molar-refractivity contribution is 0.0860. The Morgan fingerprint density at radius 3 is 2.76 bits per heavy atom. The molecule has 1 aliphatic rings. The monoisotopic (exact) mass is 293 g/mol. The first-order chi connectivity index (χ1) is 10.1. The molecular weight excluding hydrogens is 274 g/mol. The van der Waals surface area contributed by atoms with Gasteiger partial charge in [-0.25, -0.2) is 4.79 Å². The number of ether oxygens (including phenoxy) is 1. The van der Waals surface area contributed by atoms with Gasteiger partial charge in [0, 0.05) is 37.0 Å². The van der Waals surface area contributed by atoms with Gasteiger partial charge in [-0.1, -0.05) is 0 Å². The minimum Gasteiger partial charge on any atom is -0.450 e. The maximum Gasteiger partial charge on any atom is 0.409 e. The Morgan fingerprint density at radius 1 is 1.43 bits per heavy atom. The SMILES string of the molecule is CCOC(=O)N1CCC(NC(=O)c2cc[nH]c(=O)c2)CC1. The van der Waals surface area contributed by atoms with E-state index in [1.165, 1.54) is 12.3 Å². The van der Waals surface area contributed by atoms with Crippen LogP contribution in [-0.2, 0) is 4.74 Å². The molecule has 7 heteroatoms. The average molecular weight is 293 g/mol. The second kappa shape index (κ2) is 6.92. The molecule has 0 aromatic carbocycles. The Labute approximate surface area is 122 Å². The molecule has 0 spiro atoms. The highest BCUT2D eigenvalue weighted by Gasteiger charge is 2.24. The van der Waals surface area contributed by atoms with E-state index in [0.29, 0.717) is 38.1 Å². The largest absolute Gasteiger partial charge is 0.450 e. The number of amides is 2. The Morgan fingerprint density at radius 2 is 2.14 bits per heavy atom. The molecule has 1 aromatic rings. The van der Waals surface area contributed by atoms with Crippen molar-refractivity contribution in [3.8, 4) is 0 Å². The molecule has 7 nitrogen and oxygen atoms in total. The van der Waals surface area contributed by atoms with E-state index in [-0.39, 0.29) is 23.6 Å². The molecular formula is C14H19N3O4. The smallest absolute Gasteiger partial charge is 0.409 e. The van der Waals surface area contributed by atoms with Crippen molar-refractivity contribution in [2.45, 2.75) is 25.8 Å². The number of aromatic amines is 1. The highest BCUT2D eigenvalue weighted by atomic mass is 16.6. The fraction of sp³-hybridized carbons (Fsp3) is 0.500. The predicted molar refractivity (Wildman–Crippen MR) is 76.1 cm³/mol. The van der Waals surface area contributed by atoms with Crippen molar-refractivity contribution in [1.29, 1.82) is 0 Å². The minimum absolute atomic E-state index is 0.00228. The fourth-order valence-electron chi connectivity index (χ4n) is 2.28. The number of pyridine rings is 1. The van der Waals surface area contributed by atoms with Crippen molar-refractivity contribution in [3.05, 3.63) is 34.2 Å². The molecule has 1 saturated heterocycles. The van der Waals surface area contributed by atoms with Gasteiger partial charge in [-0.05, 0) is 25.8 Å². The molecule has 2 heterocycles. The normalized spacial score (nSPS) is 15.6. The molecule has 1 fully saturated rings. The van der Waals surface area contributed by atoms with E-state index in [2.05, 4.69) is 10.3 Å². The number of likely N-dealkylation sites (tertiary alicyclic amines) is 1. The molecule has 0 aliphatic carbocycles. The summed E-state index contributed by atoms with van der Waals surface area (Å²) >= 11 is 0. The third-order valence-corrected chi connectivity index (χ3v) is 3.39. The van der Waals surface area contributed by atoms with E-state index in [0.717, 1.165) is 0 Å². The quantitative estimate of drug-likeness (QED) is 0.859. The molecule has 0 radical (unpaired) electrons. The number of hydrogen-bond donors (Lipinski definition) is 2. The van der Waals surface area contributed by atoms with Crippen molar-refractivity contribution >= 4 is 12.0 Å². The standard InChI is InChI=1S/C14H19N3O4/c1-2-21-14(20)17-7-4-11(5-8-17)16-13(19)10-3-6-15-12(18)9-10/h3,6,9,11H,2,4-5,7-8H2,1H3,(H,15,18)(H,16,19). The van der Waals surface area contributed by atoms with Crippen LogP contribution in [0, 0.1) is 0 Å². The topological polar surface area (TPSA) is 91.5 Å². The number of rotatable bonds is 3. The number of hydrogen-bond acceptors (Lipinski definition) is 4. The van der Waals surface area contributed by atoms with Gasteiger partial charge in [0.1, 0.15) is 0 Å². The van der Waals surface area contributed by atoms with Gasteiger partial charge >= 0.3 is 6.09 Å². The Balaban J connectivity index is 1.85. The van der Waals surface area contributed by atoms with Gasteiger partial charge in [0.15, 0.2) is 0 Å². The summed E-state index contributed by atoms with van der Waals surface area (Å²) in [6, 6.07) is 2.83. The number of carbonyl (C=O) groups excluding carboxylic acids is 2. The van der Waals surface area contributed by atoms with Crippen molar-refractivity contribution in [2.24, 2.45) is 0 Å². The molecule has 2 rings (SSSR count). The van der Waals surface area contributed by atoms with Crippen molar-refractivity contribution in [2.75, 3.05) is 19.7 Å². The molecule has 0 saturated carbocycles. The average Bonchev–Trinajstić information content (AvgIpc) is 2.48. The van der Waals surface area contributed by atoms with Crippen LogP contribution in [0.2, 0.25) is 0 Å². The zero-order chi connectivity index (χ0) is 15.2. The summed E-state index contributed by atoms with van der Waals surface area (Å²) in [7, 11) is 0. The van der Waals surface area contributed by atoms with Crippen LogP contribution in [0.5, 0.6) is 0 Å². The molecule has 21 heavy (non-hydrogen) atoms. The molecule has 1 aliphatic heterocycles. The number of nitrogens with one attached hydrogen (secondary N) is 2. The van der Waals surface area contributed by atoms with Crippen LogP contribution in [0.15, 0.2) is 23.1 Å². The lowest BCUT2D eigenvalue weighted by Gasteiger charge is -2.31. The Hall–Kier alpha value is -2.31. The summed E-state index contributed by atoms with van der Waals surface area (Å²) in [5, 5.41) is 2.88. The van der Waals surface area contributed by atoms with Crippen molar-refractivity contribution in [1.82, 2.24) is 15.2 Å². The van der Waals surface area contributed by atoms with Crippen LogP contribution in [0.25, 0.3) is 0 Å². The molecule has 0 atom stereocenters. The van der Waals surface area contributed by atoms with Crippen molar-refractivity contribution in [3.63, 3.8) is 0 Å². The van der Waals surface area contributed by atoms with Crippen molar-refractivity contribution < 1.29 is 14.3 Å². The van der Waals surface area contributed by atoms with Crippen LogP contribution in [0.4, 0.5) is 4.79 Å². The van der Waals surface area contributed by atoms with Gasteiger partial charge in [0.2, 0.25) is 5.56 Å². The van der Waals surface area contributed by atoms with E-state index in [4.69, 9.17) is 4.74 Å². The van der Waals surface area contributed by atoms with E-state index < -0.39 is 0 Å². The van der Waals surface area contributed by atoms with Crippen LogP contribution in [0.3, 0.4) is 0 Å². The minimum atomic E-state index is -0.308. The van der Waals surface area contributed by atoms with Gasteiger partial charge in [0.25, 0.3) is 5.91 Å². The number of H-pyrrole nitrogens is 1. The highest BCUT2D eigenvalue weighted by molar-refractivity contribution is 5.94. The highest BCUT2D eigenvalue weighted by Crippen LogP contribution is 2.12. The summed E-state index contributed by atoms with van der Waals surface area (Å²) in [4.78, 5) is 38.9. The summed E-state index contributed by atoms with van der Waals surface area (Å²) in [5.74, 6) is -0.268. The van der Waals surface area contributed by atoms with E-state index in [1.54, 1.807) is 17.9 Å². The molecule has 0 unspecified atom stereocenters. The van der Waals surface area contributed by atoms with E-state index in [9.17, 15) is 14.4 Å². The van der Waals surface area contributed by atoms with Crippen LogP contribution >= 0.6 is 0 Å². The third kappa shape index (κ3) is 4.08. The first kappa shape index (κ1) is 15.1. The number of carbonyl (C=O) groups is 2. The zero-order valence-electron chi connectivity index (χ0n) is 11.9. The molecule has 114 valence electrons. The lowest BCUT2D eigenvalue weighted by atomic mass is 10.0. The maximum absolute atomic E-state index is 12.0. The van der Waals surface area contributed by atoms with Crippen LogP contribution in [0.1, 0.15) is 30.1 Å². The number of piperidine rings is 1. The molecule has 2 amide bonds. The fourth-order valence-corrected chi connectivity index (χ4v) is 2.28. The predicted octanol–water partition coefficient (Wildman–Crippen LogP) is 0.726. The van der Waals surface area contributed by atoms with Crippen LogP contribution < -0.4 is 10.9 Å². The van der Waals surface area contributed by atoms with E-state index >= 15 is 0 Å². The second-order valence-corrected chi connectivity index (χ2v) is 4.88. The van der Waals surface area contributed by atoms with Gasteiger partial charge in [-0.3, -0.25) is 9.59 Å². The van der Waals surface area contributed by atoms with Gasteiger partial charge in [-0.15, -0.1) is 0 Å². The Kier molecular flexibility index (Phi) is 4.97. The maximum atomic E-state index is 12.0. The van der Waals surface area contributed by atoms with Gasteiger partial charge < -0.3 is 19.9 Å².